The van der Waals surface area contributed by atoms with Gasteiger partial charge >= 0.3 is 0 Å². The van der Waals surface area contributed by atoms with Crippen LogP contribution in [0.4, 0.5) is 5.95 Å². The number of imidazole rings is 1. The summed E-state index contributed by atoms with van der Waals surface area (Å²) in [6.07, 6.45) is 2.03. The minimum atomic E-state index is 0.0665. The van der Waals surface area contributed by atoms with E-state index in [9.17, 15) is 0 Å². The van der Waals surface area contributed by atoms with Gasteiger partial charge in [-0.15, -0.1) is 0 Å². The summed E-state index contributed by atoms with van der Waals surface area (Å²) >= 11 is 12.1. The fraction of sp³-hybridized carbons (Fsp3) is 0.357. The average molecular weight is 298 g/mol. The van der Waals surface area contributed by atoms with Crippen molar-refractivity contribution >= 4 is 29.2 Å². The molecule has 0 spiro atoms. The number of aryl methyl sites for hydroxylation is 2. The summed E-state index contributed by atoms with van der Waals surface area (Å²) < 4.78 is 2.08. The lowest BCUT2D eigenvalue weighted by Crippen LogP contribution is -2.11. The van der Waals surface area contributed by atoms with Gasteiger partial charge in [0.2, 0.25) is 5.95 Å². The molecule has 0 radical (unpaired) electrons. The highest BCUT2D eigenvalue weighted by Gasteiger charge is 2.13. The van der Waals surface area contributed by atoms with E-state index in [0.29, 0.717) is 10.0 Å². The standard InChI is InChI=1S/C14H17Cl2N3/c1-4-19-8-9(2)17-14(19)18-10(3)12-6-5-11(15)7-13(12)16/h5-8,10H,4H2,1-3H3,(H,17,18). The van der Waals surface area contributed by atoms with Gasteiger partial charge in [-0.3, -0.25) is 0 Å². The maximum absolute atomic E-state index is 6.22. The second-order valence-electron chi connectivity index (χ2n) is 4.52. The summed E-state index contributed by atoms with van der Waals surface area (Å²) in [5, 5.41) is 4.69. The molecule has 0 bridgehead atoms. The van der Waals surface area contributed by atoms with Crippen molar-refractivity contribution in [3.05, 3.63) is 45.7 Å². The molecular formula is C14H17Cl2N3. The Kier molecular flexibility index (Phi) is 4.38. The molecule has 0 aliphatic carbocycles. The van der Waals surface area contributed by atoms with Crippen LogP contribution in [0.25, 0.3) is 0 Å². The van der Waals surface area contributed by atoms with Crippen molar-refractivity contribution in [2.45, 2.75) is 33.4 Å². The third-order valence-corrected chi connectivity index (χ3v) is 3.57. The van der Waals surface area contributed by atoms with Gasteiger partial charge in [0.15, 0.2) is 0 Å². The molecule has 1 N–H and O–H groups in total. The number of aromatic nitrogens is 2. The van der Waals surface area contributed by atoms with E-state index >= 15 is 0 Å². The zero-order valence-electron chi connectivity index (χ0n) is 11.2. The summed E-state index contributed by atoms with van der Waals surface area (Å²) in [6, 6.07) is 5.61. The van der Waals surface area contributed by atoms with Crippen molar-refractivity contribution in [3.63, 3.8) is 0 Å². The Bertz CT molecular complexity index is 578. The first-order chi connectivity index (χ1) is 9.01. The lowest BCUT2D eigenvalue weighted by atomic mass is 10.1. The van der Waals surface area contributed by atoms with E-state index in [0.717, 1.165) is 23.8 Å². The Labute approximate surface area is 123 Å². The van der Waals surface area contributed by atoms with Crippen molar-refractivity contribution in [1.29, 1.82) is 0 Å². The first kappa shape index (κ1) is 14.2. The topological polar surface area (TPSA) is 29.9 Å². The zero-order chi connectivity index (χ0) is 14.0. The molecule has 2 aromatic rings. The van der Waals surface area contributed by atoms with Gasteiger partial charge in [0, 0.05) is 22.8 Å². The van der Waals surface area contributed by atoms with Crippen LogP contribution < -0.4 is 5.32 Å². The monoisotopic (exact) mass is 297 g/mol. The Morgan fingerprint density at radius 3 is 2.74 bits per heavy atom. The highest BCUT2D eigenvalue weighted by molar-refractivity contribution is 6.35. The van der Waals surface area contributed by atoms with Crippen molar-refractivity contribution in [2.75, 3.05) is 5.32 Å². The molecule has 0 saturated carbocycles. The molecule has 0 saturated heterocycles. The molecule has 2 rings (SSSR count). The summed E-state index contributed by atoms with van der Waals surface area (Å²) in [5.41, 5.74) is 2.01. The second kappa shape index (κ2) is 5.85. The van der Waals surface area contributed by atoms with E-state index in [1.165, 1.54) is 0 Å². The van der Waals surface area contributed by atoms with Gasteiger partial charge in [-0.2, -0.15) is 0 Å². The molecule has 1 atom stereocenters. The van der Waals surface area contributed by atoms with Crippen LogP contribution in [0.15, 0.2) is 24.4 Å². The van der Waals surface area contributed by atoms with Crippen molar-refractivity contribution in [1.82, 2.24) is 9.55 Å². The second-order valence-corrected chi connectivity index (χ2v) is 5.37. The molecule has 0 amide bonds. The number of halogens is 2. The van der Waals surface area contributed by atoms with E-state index < -0.39 is 0 Å². The van der Waals surface area contributed by atoms with Crippen LogP contribution in [-0.2, 0) is 6.54 Å². The SMILES string of the molecule is CCn1cc(C)nc1NC(C)c1ccc(Cl)cc1Cl. The molecule has 0 aliphatic rings. The van der Waals surface area contributed by atoms with Crippen LogP contribution in [0.1, 0.15) is 31.1 Å². The van der Waals surface area contributed by atoms with Gasteiger partial charge in [0.25, 0.3) is 0 Å². The summed E-state index contributed by atoms with van der Waals surface area (Å²) in [5.74, 6) is 0.860. The predicted octanol–water partition coefficient (Wildman–Crippen LogP) is 4.69. The average Bonchev–Trinajstić information content (AvgIpc) is 2.69. The van der Waals surface area contributed by atoms with Crippen LogP contribution in [0.3, 0.4) is 0 Å². The van der Waals surface area contributed by atoms with Crippen molar-refractivity contribution in [2.24, 2.45) is 0 Å². The number of hydrogen-bond acceptors (Lipinski definition) is 2. The number of benzene rings is 1. The van der Waals surface area contributed by atoms with Crippen LogP contribution in [0.5, 0.6) is 0 Å². The Morgan fingerprint density at radius 2 is 2.11 bits per heavy atom. The van der Waals surface area contributed by atoms with Crippen LogP contribution >= 0.6 is 23.2 Å². The molecule has 1 aromatic carbocycles. The smallest absolute Gasteiger partial charge is 0.203 e. The fourth-order valence-electron chi connectivity index (χ4n) is 2.03. The first-order valence-electron chi connectivity index (χ1n) is 6.26. The molecule has 19 heavy (non-hydrogen) atoms. The molecule has 0 fully saturated rings. The van der Waals surface area contributed by atoms with Gasteiger partial charge in [0.05, 0.1) is 11.7 Å². The highest BCUT2D eigenvalue weighted by atomic mass is 35.5. The summed E-state index contributed by atoms with van der Waals surface area (Å²) in [6.45, 7) is 7.01. The van der Waals surface area contributed by atoms with E-state index in [1.54, 1.807) is 6.07 Å². The van der Waals surface area contributed by atoms with Gasteiger partial charge in [-0.05, 0) is 38.5 Å². The van der Waals surface area contributed by atoms with Gasteiger partial charge in [0.1, 0.15) is 0 Å². The van der Waals surface area contributed by atoms with E-state index in [4.69, 9.17) is 23.2 Å². The molecule has 1 aromatic heterocycles. The number of anilines is 1. The van der Waals surface area contributed by atoms with Crippen LogP contribution in [-0.4, -0.2) is 9.55 Å². The first-order valence-corrected chi connectivity index (χ1v) is 7.02. The minimum absolute atomic E-state index is 0.0665. The lowest BCUT2D eigenvalue weighted by Gasteiger charge is -2.17. The number of rotatable bonds is 4. The maximum atomic E-state index is 6.22. The summed E-state index contributed by atoms with van der Waals surface area (Å²) in [4.78, 5) is 4.48. The van der Waals surface area contributed by atoms with E-state index in [-0.39, 0.29) is 6.04 Å². The highest BCUT2D eigenvalue weighted by Crippen LogP contribution is 2.28. The molecule has 102 valence electrons. The quantitative estimate of drug-likeness (QED) is 0.887. The number of hydrogen-bond donors (Lipinski definition) is 1. The Morgan fingerprint density at radius 1 is 1.37 bits per heavy atom. The van der Waals surface area contributed by atoms with E-state index in [2.05, 4.69) is 28.7 Å². The Hall–Kier alpha value is -1.19. The Balaban J connectivity index is 2.22. The van der Waals surface area contributed by atoms with Crippen molar-refractivity contribution in [3.8, 4) is 0 Å². The fourth-order valence-corrected chi connectivity index (χ4v) is 2.60. The third kappa shape index (κ3) is 3.23. The lowest BCUT2D eigenvalue weighted by molar-refractivity contribution is 0.744. The van der Waals surface area contributed by atoms with Crippen LogP contribution in [0, 0.1) is 6.92 Å². The van der Waals surface area contributed by atoms with Gasteiger partial charge < -0.3 is 9.88 Å². The summed E-state index contributed by atoms with van der Waals surface area (Å²) in [7, 11) is 0. The number of nitrogens with zero attached hydrogens (tertiary/aromatic N) is 2. The largest absolute Gasteiger partial charge is 0.349 e. The number of nitrogens with one attached hydrogen (secondary N) is 1. The maximum Gasteiger partial charge on any atom is 0.203 e. The van der Waals surface area contributed by atoms with Crippen molar-refractivity contribution < 1.29 is 0 Å². The minimum Gasteiger partial charge on any atom is -0.349 e. The molecular weight excluding hydrogens is 281 g/mol. The normalized spacial score (nSPS) is 12.5. The third-order valence-electron chi connectivity index (χ3n) is 3.01. The zero-order valence-corrected chi connectivity index (χ0v) is 12.8. The predicted molar refractivity (Wildman–Crippen MR) is 81.1 cm³/mol. The van der Waals surface area contributed by atoms with Gasteiger partial charge in [-0.1, -0.05) is 29.3 Å². The molecule has 5 heteroatoms. The molecule has 1 heterocycles. The van der Waals surface area contributed by atoms with Gasteiger partial charge in [-0.25, -0.2) is 4.98 Å². The molecule has 1 unspecified atom stereocenters. The van der Waals surface area contributed by atoms with Crippen LogP contribution in [0.2, 0.25) is 10.0 Å². The molecule has 3 nitrogen and oxygen atoms in total. The van der Waals surface area contributed by atoms with E-state index in [1.807, 2.05) is 25.3 Å². The molecule has 0 aliphatic heterocycles.